The van der Waals surface area contributed by atoms with Gasteiger partial charge >= 0.3 is 6.09 Å². The molecule has 0 radical (unpaired) electrons. The highest BCUT2D eigenvalue weighted by molar-refractivity contribution is 6.04. The number of hydrogen-bond acceptors (Lipinski definition) is 22. The van der Waals surface area contributed by atoms with Crippen molar-refractivity contribution >= 4 is 99.6 Å². The van der Waals surface area contributed by atoms with E-state index >= 15 is 0 Å². The number of benzene rings is 2. The number of imidazole rings is 3. The van der Waals surface area contributed by atoms with Crippen LogP contribution in [0.1, 0.15) is 65.3 Å². The van der Waals surface area contributed by atoms with Crippen molar-refractivity contribution in [2.24, 2.45) is 35.2 Å². The van der Waals surface area contributed by atoms with E-state index in [1.807, 2.05) is 30.3 Å². The van der Waals surface area contributed by atoms with Gasteiger partial charge < -0.3 is 107 Å². The zero-order valence-electron chi connectivity index (χ0n) is 58.8. The molecule has 0 saturated carbocycles. The van der Waals surface area contributed by atoms with Gasteiger partial charge in [-0.2, -0.15) is 4.98 Å². The van der Waals surface area contributed by atoms with Crippen LogP contribution in [0.25, 0.3) is 0 Å². The van der Waals surface area contributed by atoms with Gasteiger partial charge in [0.1, 0.15) is 30.6 Å². The number of aromatic nitrogens is 8. The average Bonchev–Trinajstić information content (AvgIpc) is 1.69. The van der Waals surface area contributed by atoms with Crippen molar-refractivity contribution in [3.05, 3.63) is 121 Å². The molecule has 9 amide bonds. The van der Waals surface area contributed by atoms with Crippen molar-refractivity contribution < 1.29 is 90.5 Å². The lowest BCUT2D eigenvalue weighted by Gasteiger charge is -2.10. The van der Waals surface area contributed by atoms with Gasteiger partial charge in [-0.05, 0) is 29.8 Å². The molecule has 0 fully saturated rings. The molecule has 2 aromatic carbocycles. The lowest BCUT2D eigenvalue weighted by Crippen LogP contribution is -2.28. The fraction of sp³-hybridized carbons (Fsp3) is 0.441. The van der Waals surface area contributed by atoms with E-state index in [-0.39, 0.29) is 93.4 Å². The smallest absolute Gasteiger partial charge is 0.411 e. The summed E-state index contributed by atoms with van der Waals surface area (Å²) in [5.74, 6) is -2.05. The maximum atomic E-state index is 13.3. The molecular formula is C68H91N17O19. The zero-order valence-corrected chi connectivity index (χ0v) is 58.8. The first-order chi connectivity index (χ1) is 50.3. The summed E-state index contributed by atoms with van der Waals surface area (Å²) in [6.07, 6.45) is 7.65. The van der Waals surface area contributed by atoms with Crippen molar-refractivity contribution in [1.29, 1.82) is 0 Å². The highest BCUT2D eigenvalue weighted by atomic mass is 16.6. The van der Waals surface area contributed by atoms with Crippen LogP contribution >= 0.6 is 0 Å². The molecule has 0 saturated heterocycles. The molecule has 7 rings (SSSR count). The molecule has 562 valence electrons. The number of hydrogen-bond donors (Lipinski definition) is 9. The number of rotatable bonds is 49. The first-order valence-electron chi connectivity index (χ1n) is 33.4. The lowest BCUT2D eigenvalue weighted by molar-refractivity contribution is -0.124. The van der Waals surface area contributed by atoms with Gasteiger partial charge in [-0.25, -0.2) is 14.8 Å². The van der Waals surface area contributed by atoms with Crippen molar-refractivity contribution in [2.45, 2.75) is 45.1 Å². The Balaban J connectivity index is 0.609. The van der Waals surface area contributed by atoms with Crippen molar-refractivity contribution in [1.82, 2.24) is 43.1 Å². The van der Waals surface area contributed by atoms with Crippen LogP contribution in [0.5, 0.6) is 5.75 Å². The molecule has 0 atom stereocenters. The molecule has 36 nitrogen and oxygen atoms in total. The van der Waals surface area contributed by atoms with E-state index in [9.17, 15) is 43.2 Å². The Bertz CT molecular complexity index is 3870. The molecule has 7 aromatic rings. The molecular weight excluding hydrogens is 1360 g/mol. The van der Waals surface area contributed by atoms with Crippen LogP contribution in [0.2, 0.25) is 0 Å². The van der Waals surface area contributed by atoms with Gasteiger partial charge in [0.2, 0.25) is 47.2 Å². The fourth-order valence-corrected chi connectivity index (χ4v) is 9.27. The third kappa shape index (κ3) is 30.4. The number of carbonyl (C=O) groups is 9. The molecule has 9 N–H and O–H groups in total. The first kappa shape index (κ1) is 80.5. The lowest BCUT2D eigenvalue weighted by atomic mass is 10.2. The van der Waals surface area contributed by atoms with Gasteiger partial charge in [-0.1, -0.05) is 30.3 Å². The molecule has 0 aliphatic rings. The first-order valence-corrected chi connectivity index (χ1v) is 33.4. The highest BCUT2D eigenvalue weighted by Crippen LogP contribution is 2.22. The van der Waals surface area contributed by atoms with Gasteiger partial charge in [-0.15, -0.1) is 0 Å². The van der Waals surface area contributed by atoms with Gasteiger partial charge in [0.15, 0.2) is 17.5 Å². The van der Waals surface area contributed by atoms with Crippen molar-refractivity contribution in [3.63, 3.8) is 0 Å². The van der Waals surface area contributed by atoms with E-state index in [2.05, 4.69) is 62.8 Å². The van der Waals surface area contributed by atoms with Gasteiger partial charge in [0.25, 0.3) is 11.8 Å². The number of aryl methyl sites for hydroxylation is 5. The van der Waals surface area contributed by atoms with Gasteiger partial charge in [0, 0.05) is 135 Å². The molecule has 5 heterocycles. The molecule has 0 unspecified atom stereocenters. The van der Waals surface area contributed by atoms with Gasteiger partial charge in [-0.3, -0.25) is 49.0 Å². The number of anilines is 8. The predicted octanol–water partition coefficient (Wildman–Crippen LogP) is 4.58. The molecule has 5 aromatic heterocycles. The number of nitrogens with zero attached hydrogens (tertiary/aromatic N) is 8. The minimum atomic E-state index is -0.625. The largest absolute Gasteiger partial charge is 0.491 e. The van der Waals surface area contributed by atoms with E-state index in [0.717, 1.165) is 5.56 Å². The average molecular weight is 1450 g/mol. The molecule has 0 bridgehead atoms. The van der Waals surface area contributed by atoms with E-state index in [4.69, 9.17) is 47.4 Å². The van der Waals surface area contributed by atoms with Crippen molar-refractivity contribution in [3.8, 4) is 5.75 Å². The van der Waals surface area contributed by atoms with Crippen LogP contribution in [-0.4, -0.2) is 210 Å². The molecule has 36 heteroatoms. The Hall–Kier alpha value is -10.9. The Morgan fingerprint density at radius 1 is 0.385 bits per heavy atom. The molecule has 0 aliphatic carbocycles. The summed E-state index contributed by atoms with van der Waals surface area (Å²) in [5.41, 5.74) is 2.24. The fourth-order valence-electron chi connectivity index (χ4n) is 9.27. The third-order valence-electron chi connectivity index (χ3n) is 14.5. The summed E-state index contributed by atoms with van der Waals surface area (Å²) in [6, 6.07) is 19.5. The Morgan fingerprint density at radius 2 is 0.817 bits per heavy atom. The summed E-state index contributed by atoms with van der Waals surface area (Å²) in [7, 11) is 8.17. The van der Waals surface area contributed by atoms with E-state index < -0.39 is 47.4 Å². The minimum Gasteiger partial charge on any atom is -0.491 e. The van der Waals surface area contributed by atoms with Crippen LogP contribution in [0.15, 0.2) is 104 Å². The van der Waals surface area contributed by atoms with E-state index in [0.29, 0.717) is 140 Å². The van der Waals surface area contributed by atoms with Crippen LogP contribution in [0.4, 0.5) is 51.1 Å². The quantitative estimate of drug-likeness (QED) is 0.0236. The van der Waals surface area contributed by atoms with Gasteiger partial charge in [0.05, 0.1) is 117 Å². The Kier molecular flexibility index (Phi) is 34.4. The van der Waals surface area contributed by atoms with Crippen LogP contribution in [0.3, 0.4) is 0 Å². The topological polar surface area (TPSA) is 418 Å². The van der Waals surface area contributed by atoms with Crippen LogP contribution in [-0.2, 0) is 113 Å². The second-order valence-electron chi connectivity index (χ2n) is 22.9. The Morgan fingerprint density at radius 3 is 1.31 bits per heavy atom. The zero-order chi connectivity index (χ0) is 74.3. The number of ether oxygens (including phenoxy) is 10. The molecule has 0 aliphatic heterocycles. The molecule has 104 heavy (non-hydrogen) atoms. The second kappa shape index (κ2) is 44.5. The number of carbonyl (C=O) groups excluding carboxylic acids is 9. The van der Waals surface area contributed by atoms with E-state index in [1.165, 1.54) is 33.8 Å². The maximum absolute atomic E-state index is 13.3. The summed E-state index contributed by atoms with van der Waals surface area (Å²) in [6.45, 7) is 7.04. The number of amides is 9. The Labute approximate surface area is 599 Å². The monoisotopic (exact) mass is 1450 g/mol. The summed E-state index contributed by atoms with van der Waals surface area (Å²) in [5, 5.41) is 24.0. The van der Waals surface area contributed by atoms with E-state index in [1.54, 1.807) is 97.9 Å². The minimum absolute atomic E-state index is 0.0505. The van der Waals surface area contributed by atoms with Crippen LogP contribution < -0.4 is 52.6 Å². The maximum Gasteiger partial charge on any atom is 0.411 e. The summed E-state index contributed by atoms with van der Waals surface area (Å²) in [4.78, 5) is 127. The highest BCUT2D eigenvalue weighted by Gasteiger charge is 2.21. The van der Waals surface area contributed by atoms with Crippen molar-refractivity contribution in [2.75, 3.05) is 161 Å². The predicted molar refractivity (Wildman–Crippen MR) is 379 cm³/mol. The normalized spacial score (nSPS) is 11.0. The summed E-state index contributed by atoms with van der Waals surface area (Å²) < 4.78 is 62.7. The SMILES string of the molecule is Cn1cc(NC(=O)c2nc(NC(=O)CCC(=O)Nc3cc(NC(=O)c4nccn4C)cn3C)cn2C)cc1NC(=O)CCC(=O)Nc1cn(C)c(NC(=O)CCC(=O)NCCOCCOCCOCCOCCOCCOCCOCCOCCOc2ccc(NC(=O)OCc3ccccc3)cc2)n1. The van der Waals surface area contributed by atoms with Crippen LogP contribution in [0, 0.1) is 0 Å². The standard InChI is InChI=1S/C68H91N17O19/c1-81-23-21-70-63(81)65(92)71-50-41-55(82(2)43-50)78-60(89)19-17-58(87)74-53-45-84(4)64(76-53)66(93)72-51-42-56(83(3)44-51)79-61(90)20-18-59(88)75-54-46-85(5)67(77-54)80-62(91)16-15-57(86)69-22-24-95-25-26-96-27-28-97-29-30-98-31-32-99-33-34-100-35-36-101-37-38-102-39-40-103-52-13-11-49(12-14-52)73-68(94)104-47-48-9-7-6-8-10-48/h6-14,21,23,41-46H,15-20,22,24-40,47H2,1-5H3,(H,69,86)(H,71,92)(H,72,93)(H,73,94)(H,74,87)(H,75,88)(H,78,89)(H,79,90)(H,77,80,91). The summed E-state index contributed by atoms with van der Waals surface area (Å²) >= 11 is 0. The number of nitrogens with one attached hydrogen (secondary N) is 9. The molecule has 0 spiro atoms. The second-order valence-corrected chi connectivity index (χ2v) is 22.9. The third-order valence-corrected chi connectivity index (χ3v) is 14.5.